The Bertz CT molecular complexity index is 800. The molecule has 0 radical (unpaired) electrons. The first-order valence-corrected chi connectivity index (χ1v) is 9.94. The highest BCUT2D eigenvalue weighted by atomic mass is 35.5. The summed E-state index contributed by atoms with van der Waals surface area (Å²) in [6.07, 6.45) is -0.258. The lowest BCUT2D eigenvalue weighted by atomic mass is 10.1. The number of rotatable bonds is 6. The first-order valence-electron chi connectivity index (χ1n) is 9.57. The molecule has 2 aromatic rings. The van der Waals surface area contributed by atoms with Gasteiger partial charge in [-0.25, -0.2) is 0 Å². The third-order valence-corrected chi connectivity index (χ3v) is 5.19. The number of likely N-dealkylation sites (N-methyl/N-ethyl adjacent to an activating group) is 1. The van der Waals surface area contributed by atoms with Gasteiger partial charge in [0, 0.05) is 43.7 Å². The van der Waals surface area contributed by atoms with Crippen molar-refractivity contribution in [1.29, 1.82) is 0 Å². The van der Waals surface area contributed by atoms with Crippen LogP contribution in [0.3, 0.4) is 0 Å². The molecule has 5 nitrogen and oxygen atoms in total. The molecule has 0 bridgehead atoms. The monoisotopic (exact) mass is 402 g/mol. The summed E-state index contributed by atoms with van der Waals surface area (Å²) >= 11 is 6.12. The minimum Gasteiger partial charge on any atom is -0.489 e. The van der Waals surface area contributed by atoms with E-state index in [0.29, 0.717) is 24.5 Å². The molecule has 0 saturated carbocycles. The van der Waals surface area contributed by atoms with Crippen LogP contribution in [0.5, 0.6) is 5.75 Å². The number of amides is 1. The van der Waals surface area contributed by atoms with Crippen molar-refractivity contribution < 1.29 is 14.6 Å². The van der Waals surface area contributed by atoms with Crippen molar-refractivity contribution in [3.05, 3.63) is 64.7 Å². The summed E-state index contributed by atoms with van der Waals surface area (Å²) in [5, 5.41) is 11.0. The SMILES string of the molecule is CC1CN(CCC(=O)N(C)CC(O)c2ccccc2)Cc2cc(Cl)ccc2O1. The molecule has 0 aliphatic carbocycles. The lowest BCUT2D eigenvalue weighted by Crippen LogP contribution is -2.36. The van der Waals surface area contributed by atoms with Crippen LogP contribution >= 0.6 is 11.6 Å². The fourth-order valence-corrected chi connectivity index (χ4v) is 3.66. The first kappa shape index (κ1) is 20.6. The maximum absolute atomic E-state index is 12.6. The smallest absolute Gasteiger partial charge is 0.223 e. The van der Waals surface area contributed by atoms with Gasteiger partial charge in [0.05, 0.1) is 12.6 Å². The van der Waals surface area contributed by atoms with E-state index in [-0.39, 0.29) is 18.6 Å². The molecule has 0 spiro atoms. The number of aliphatic hydroxyl groups is 1. The predicted molar refractivity (Wildman–Crippen MR) is 110 cm³/mol. The summed E-state index contributed by atoms with van der Waals surface area (Å²) in [5.41, 5.74) is 1.85. The van der Waals surface area contributed by atoms with Crippen molar-refractivity contribution in [3.63, 3.8) is 0 Å². The average Bonchev–Trinajstić information content (AvgIpc) is 2.83. The molecule has 2 unspecified atom stereocenters. The van der Waals surface area contributed by atoms with Crippen LogP contribution < -0.4 is 4.74 Å². The van der Waals surface area contributed by atoms with Crippen molar-refractivity contribution in [2.24, 2.45) is 0 Å². The molecule has 6 heteroatoms. The molecule has 150 valence electrons. The zero-order valence-electron chi connectivity index (χ0n) is 16.3. The molecule has 0 fully saturated rings. The van der Waals surface area contributed by atoms with Crippen LogP contribution in [0.25, 0.3) is 0 Å². The molecule has 0 saturated heterocycles. The Morgan fingerprint density at radius 1 is 1.32 bits per heavy atom. The van der Waals surface area contributed by atoms with Crippen molar-refractivity contribution in [2.45, 2.75) is 32.1 Å². The Balaban J connectivity index is 1.54. The van der Waals surface area contributed by atoms with Gasteiger partial charge in [0.1, 0.15) is 11.9 Å². The lowest BCUT2D eigenvalue weighted by Gasteiger charge is -2.24. The number of fused-ring (bicyclic) bond motifs is 1. The van der Waals surface area contributed by atoms with E-state index >= 15 is 0 Å². The van der Waals surface area contributed by atoms with Gasteiger partial charge >= 0.3 is 0 Å². The minimum absolute atomic E-state index is 0.0131. The second kappa shape index (κ2) is 9.41. The van der Waals surface area contributed by atoms with Gasteiger partial charge in [-0.05, 0) is 30.7 Å². The summed E-state index contributed by atoms with van der Waals surface area (Å²) < 4.78 is 5.97. The number of benzene rings is 2. The second-order valence-corrected chi connectivity index (χ2v) is 7.80. The number of hydrogen-bond donors (Lipinski definition) is 1. The molecule has 0 aromatic heterocycles. The van der Waals surface area contributed by atoms with Gasteiger partial charge in [-0.15, -0.1) is 0 Å². The molecule has 1 aliphatic rings. The molecular formula is C22H27ClN2O3. The predicted octanol–water partition coefficient (Wildman–Crippen LogP) is 3.51. The van der Waals surface area contributed by atoms with Gasteiger partial charge in [0.2, 0.25) is 5.91 Å². The van der Waals surface area contributed by atoms with Crippen LogP contribution in [-0.2, 0) is 11.3 Å². The third-order valence-electron chi connectivity index (χ3n) is 4.96. The zero-order chi connectivity index (χ0) is 20.1. The van der Waals surface area contributed by atoms with E-state index in [9.17, 15) is 9.90 Å². The number of carbonyl (C=O) groups excluding carboxylic acids is 1. The quantitative estimate of drug-likeness (QED) is 0.803. The molecule has 2 aromatic carbocycles. The van der Waals surface area contributed by atoms with Crippen LogP contribution in [0.4, 0.5) is 0 Å². The number of aliphatic hydroxyl groups excluding tert-OH is 1. The minimum atomic E-state index is -0.684. The molecule has 1 heterocycles. The highest BCUT2D eigenvalue weighted by Crippen LogP contribution is 2.28. The largest absolute Gasteiger partial charge is 0.489 e. The van der Waals surface area contributed by atoms with Crippen LogP contribution in [0.1, 0.15) is 30.6 Å². The molecule has 3 rings (SSSR count). The lowest BCUT2D eigenvalue weighted by molar-refractivity contribution is -0.131. The van der Waals surface area contributed by atoms with Crippen LogP contribution in [0.2, 0.25) is 5.02 Å². The van der Waals surface area contributed by atoms with E-state index in [4.69, 9.17) is 16.3 Å². The second-order valence-electron chi connectivity index (χ2n) is 7.37. The van der Waals surface area contributed by atoms with Gasteiger partial charge in [-0.3, -0.25) is 9.69 Å². The van der Waals surface area contributed by atoms with Crippen molar-refractivity contribution in [3.8, 4) is 5.75 Å². The number of halogens is 1. The Morgan fingerprint density at radius 2 is 2.07 bits per heavy atom. The van der Waals surface area contributed by atoms with E-state index in [1.54, 1.807) is 11.9 Å². The maximum Gasteiger partial charge on any atom is 0.223 e. The third kappa shape index (κ3) is 5.47. The van der Waals surface area contributed by atoms with Crippen LogP contribution in [-0.4, -0.2) is 53.6 Å². The summed E-state index contributed by atoms with van der Waals surface area (Å²) in [6.45, 7) is 4.38. The maximum atomic E-state index is 12.6. The van der Waals surface area contributed by atoms with E-state index in [1.807, 2.05) is 55.5 Å². The number of nitrogens with zero attached hydrogens (tertiary/aromatic N) is 2. The Labute approximate surface area is 171 Å². The topological polar surface area (TPSA) is 53.0 Å². The Kier molecular flexibility index (Phi) is 6.94. The first-order chi connectivity index (χ1) is 13.4. The Morgan fingerprint density at radius 3 is 2.82 bits per heavy atom. The van der Waals surface area contributed by atoms with Gasteiger partial charge in [0.15, 0.2) is 0 Å². The van der Waals surface area contributed by atoms with E-state index in [2.05, 4.69) is 4.90 Å². The van der Waals surface area contributed by atoms with Crippen molar-refractivity contribution in [2.75, 3.05) is 26.7 Å². The van der Waals surface area contributed by atoms with Crippen molar-refractivity contribution >= 4 is 17.5 Å². The van der Waals surface area contributed by atoms with Gasteiger partial charge in [-0.1, -0.05) is 41.9 Å². The fourth-order valence-electron chi connectivity index (χ4n) is 3.47. The molecule has 1 amide bonds. The highest BCUT2D eigenvalue weighted by molar-refractivity contribution is 6.30. The number of carbonyl (C=O) groups is 1. The Hall–Kier alpha value is -2.08. The summed E-state index contributed by atoms with van der Waals surface area (Å²) in [4.78, 5) is 16.4. The van der Waals surface area contributed by atoms with Crippen LogP contribution in [0, 0.1) is 0 Å². The summed E-state index contributed by atoms with van der Waals surface area (Å²) in [7, 11) is 1.73. The summed E-state index contributed by atoms with van der Waals surface area (Å²) in [6, 6.07) is 15.1. The highest BCUT2D eigenvalue weighted by Gasteiger charge is 2.22. The van der Waals surface area contributed by atoms with E-state index in [0.717, 1.165) is 23.4 Å². The van der Waals surface area contributed by atoms with Gasteiger partial charge in [-0.2, -0.15) is 0 Å². The van der Waals surface area contributed by atoms with Gasteiger partial charge in [0.25, 0.3) is 0 Å². The molecule has 1 aliphatic heterocycles. The molecule has 28 heavy (non-hydrogen) atoms. The van der Waals surface area contributed by atoms with E-state index < -0.39 is 6.10 Å². The number of ether oxygens (including phenoxy) is 1. The molecule has 1 N–H and O–H groups in total. The van der Waals surface area contributed by atoms with Crippen LogP contribution in [0.15, 0.2) is 48.5 Å². The summed E-state index contributed by atoms with van der Waals surface area (Å²) in [5.74, 6) is 0.868. The zero-order valence-corrected chi connectivity index (χ0v) is 17.1. The van der Waals surface area contributed by atoms with E-state index in [1.165, 1.54) is 0 Å². The van der Waals surface area contributed by atoms with Crippen molar-refractivity contribution in [1.82, 2.24) is 9.80 Å². The standard InChI is InChI=1S/C22H27ClN2O3/c1-16-13-25(14-18-12-19(23)8-9-21(18)28-16)11-10-22(27)24(2)15-20(26)17-6-4-3-5-7-17/h3-9,12,16,20,26H,10-11,13-15H2,1-2H3. The normalized spacial score (nSPS) is 17.9. The molecular weight excluding hydrogens is 376 g/mol. The number of hydrogen-bond acceptors (Lipinski definition) is 4. The molecule has 2 atom stereocenters. The van der Waals surface area contributed by atoms with Gasteiger partial charge < -0.3 is 14.7 Å². The average molecular weight is 403 g/mol. The fraction of sp³-hybridized carbons (Fsp3) is 0.409.